The van der Waals surface area contributed by atoms with Crippen molar-refractivity contribution in [3.63, 3.8) is 0 Å². The van der Waals surface area contributed by atoms with Crippen LogP contribution in [0.1, 0.15) is 18.4 Å². The number of anilines is 1. The fourth-order valence-corrected chi connectivity index (χ4v) is 4.09. The normalized spacial score (nSPS) is 15.4. The molecule has 3 aromatic heterocycles. The van der Waals surface area contributed by atoms with Gasteiger partial charge in [-0.15, -0.1) is 0 Å². The van der Waals surface area contributed by atoms with Gasteiger partial charge in [-0.3, -0.25) is 9.78 Å². The van der Waals surface area contributed by atoms with E-state index >= 15 is 0 Å². The number of amides is 1. The van der Waals surface area contributed by atoms with E-state index in [4.69, 9.17) is 0 Å². The molecule has 4 heterocycles. The van der Waals surface area contributed by atoms with E-state index in [0.29, 0.717) is 40.2 Å². The van der Waals surface area contributed by atoms with Gasteiger partial charge in [0.15, 0.2) is 11.5 Å². The minimum absolute atomic E-state index is 0.108. The average molecular weight is 466 g/mol. The summed E-state index contributed by atoms with van der Waals surface area (Å²) in [7, 11) is 0. The van der Waals surface area contributed by atoms with Crippen molar-refractivity contribution in [2.45, 2.75) is 25.3 Å². The molecule has 0 saturated carbocycles. The summed E-state index contributed by atoms with van der Waals surface area (Å²) in [5, 5.41) is 2.45. The Labute approximate surface area is 193 Å². The summed E-state index contributed by atoms with van der Waals surface area (Å²) in [5.41, 5.74) is 4.21. The fourth-order valence-electron chi connectivity index (χ4n) is 4.09. The van der Waals surface area contributed by atoms with Gasteiger partial charge >= 0.3 is 0 Å². The molecule has 0 atom stereocenters. The third-order valence-electron chi connectivity index (χ3n) is 5.98. The summed E-state index contributed by atoms with van der Waals surface area (Å²) >= 11 is 0. The van der Waals surface area contributed by atoms with E-state index in [1.165, 1.54) is 6.07 Å². The second-order valence-corrected chi connectivity index (χ2v) is 8.19. The van der Waals surface area contributed by atoms with Crippen molar-refractivity contribution in [2.24, 2.45) is 0 Å². The number of H-pyrrole nitrogens is 1. The van der Waals surface area contributed by atoms with Crippen molar-refractivity contribution in [1.29, 1.82) is 0 Å². The van der Waals surface area contributed by atoms with E-state index in [1.54, 1.807) is 36.7 Å². The predicted octanol–water partition coefficient (Wildman–Crippen LogP) is 4.31. The number of aromatic nitrogens is 4. The maximum atomic E-state index is 14.5. The van der Waals surface area contributed by atoms with Crippen LogP contribution < -0.4 is 10.2 Å². The van der Waals surface area contributed by atoms with E-state index < -0.39 is 11.7 Å². The van der Waals surface area contributed by atoms with Gasteiger partial charge in [-0.2, -0.15) is 0 Å². The lowest BCUT2D eigenvalue weighted by atomic mass is 10.0. The van der Waals surface area contributed by atoms with E-state index in [-0.39, 0.29) is 32.5 Å². The highest BCUT2D eigenvalue weighted by Gasteiger charge is 2.34. The third-order valence-corrected chi connectivity index (χ3v) is 5.98. The van der Waals surface area contributed by atoms with Crippen LogP contribution in [0, 0.1) is 5.82 Å². The zero-order valence-electron chi connectivity index (χ0n) is 18.1. The average Bonchev–Trinajstić information content (AvgIpc) is 3.28. The SMILES string of the molecule is O=CNCc1ccc(-c2ccnc3nc(-c4ccc(N5CCC(F)(F)CC5)cn4)[nH]c23)cc1F. The number of fused-ring (bicyclic) bond motifs is 1. The Balaban J connectivity index is 1.42. The number of hydrogen-bond acceptors (Lipinski definition) is 5. The molecule has 0 aliphatic carbocycles. The van der Waals surface area contributed by atoms with Crippen LogP contribution in [0.3, 0.4) is 0 Å². The zero-order chi connectivity index (χ0) is 23.7. The van der Waals surface area contributed by atoms with Crippen molar-refractivity contribution >= 4 is 23.3 Å². The minimum atomic E-state index is -2.60. The van der Waals surface area contributed by atoms with Crippen molar-refractivity contribution in [1.82, 2.24) is 25.3 Å². The smallest absolute Gasteiger partial charge is 0.251 e. The molecule has 174 valence electrons. The van der Waals surface area contributed by atoms with Gasteiger partial charge in [0.2, 0.25) is 6.41 Å². The van der Waals surface area contributed by atoms with E-state index in [0.717, 1.165) is 11.3 Å². The minimum Gasteiger partial charge on any atom is -0.370 e. The molecule has 0 bridgehead atoms. The summed E-state index contributed by atoms with van der Waals surface area (Å²) in [6, 6.07) is 10.2. The van der Waals surface area contributed by atoms with Crippen LogP contribution in [0.4, 0.5) is 18.9 Å². The number of carbonyl (C=O) groups excluding carboxylic acids is 1. The summed E-state index contributed by atoms with van der Waals surface area (Å²) in [4.78, 5) is 28.9. The Morgan fingerprint density at radius 1 is 1.12 bits per heavy atom. The Morgan fingerprint density at radius 2 is 1.94 bits per heavy atom. The molecule has 4 aromatic rings. The number of piperidine rings is 1. The van der Waals surface area contributed by atoms with Crippen LogP contribution in [0.5, 0.6) is 0 Å². The summed E-state index contributed by atoms with van der Waals surface area (Å²) in [6.07, 6.45) is 3.45. The van der Waals surface area contributed by atoms with Gasteiger partial charge in [-0.25, -0.2) is 23.1 Å². The molecular formula is C24H21F3N6O. The molecular weight excluding hydrogens is 445 g/mol. The van der Waals surface area contributed by atoms with Gasteiger partial charge in [0.1, 0.15) is 11.5 Å². The van der Waals surface area contributed by atoms with Crippen LogP contribution >= 0.6 is 0 Å². The number of rotatable bonds is 6. The van der Waals surface area contributed by atoms with Crippen molar-refractivity contribution in [3.05, 3.63) is 60.2 Å². The Kier molecular flexibility index (Phi) is 5.64. The van der Waals surface area contributed by atoms with Crippen LogP contribution in [0.25, 0.3) is 33.8 Å². The third kappa shape index (κ3) is 4.30. The molecule has 1 fully saturated rings. The lowest BCUT2D eigenvalue weighted by Crippen LogP contribution is -2.39. The lowest BCUT2D eigenvalue weighted by molar-refractivity contribution is -0.109. The monoisotopic (exact) mass is 466 g/mol. The van der Waals surface area contributed by atoms with Gasteiger partial charge in [0, 0.05) is 49.8 Å². The quantitative estimate of drug-likeness (QED) is 0.414. The second kappa shape index (κ2) is 8.77. The number of pyridine rings is 2. The molecule has 0 radical (unpaired) electrons. The lowest BCUT2D eigenvalue weighted by Gasteiger charge is -2.33. The number of halogens is 3. The van der Waals surface area contributed by atoms with Crippen LogP contribution in [-0.2, 0) is 11.3 Å². The molecule has 0 unspecified atom stereocenters. The second-order valence-electron chi connectivity index (χ2n) is 8.19. The predicted molar refractivity (Wildman–Crippen MR) is 122 cm³/mol. The maximum absolute atomic E-state index is 14.5. The van der Waals surface area contributed by atoms with Crippen LogP contribution in [0.15, 0.2) is 48.8 Å². The summed E-state index contributed by atoms with van der Waals surface area (Å²) < 4.78 is 41.4. The summed E-state index contributed by atoms with van der Waals surface area (Å²) in [5.74, 6) is -2.53. The summed E-state index contributed by atoms with van der Waals surface area (Å²) in [6.45, 7) is 0.677. The van der Waals surface area contributed by atoms with E-state index in [2.05, 4.69) is 25.3 Å². The Bertz CT molecular complexity index is 1330. The number of aromatic amines is 1. The molecule has 1 saturated heterocycles. The number of alkyl halides is 2. The fraction of sp³-hybridized carbons (Fsp3) is 0.250. The molecule has 1 aliphatic heterocycles. The van der Waals surface area contributed by atoms with Crippen molar-refractivity contribution in [3.8, 4) is 22.6 Å². The first-order valence-corrected chi connectivity index (χ1v) is 10.8. The van der Waals surface area contributed by atoms with Gasteiger partial charge in [-0.1, -0.05) is 12.1 Å². The number of benzene rings is 1. The van der Waals surface area contributed by atoms with Gasteiger partial charge in [0.25, 0.3) is 5.92 Å². The molecule has 7 nitrogen and oxygen atoms in total. The van der Waals surface area contributed by atoms with Gasteiger partial charge < -0.3 is 15.2 Å². The highest BCUT2D eigenvalue weighted by atomic mass is 19.3. The Hall–Kier alpha value is -3.95. The molecule has 1 amide bonds. The molecule has 1 aromatic carbocycles. The molecule has 1 aliphatic rings. The molecule has 34 heavy (non-hydrogen) atoms. The zero-order valence-corrected chi connectivity index (χ0v) is 18.1. The van der Waals surface area contributed by atoms with Gasteiger partial charge in [0.05, 0.1) is 17.4 Å². The first-order chi connectivity index (χ1) is 16.4. The topological polar surface area (TPSA) is 86.8 Å². The molecule has 10 heteroatoms. The molecule has 0 spiro atoms. The van der Waals surface area contributed by atoms with Crippen LogP contribution in [0.2, 0.25) is 0 Å². The van der Waals surface area contributed by atoms with E-state index in [1.807, 2.05) is 11.0 Å². The standard InChI is InChI=1S/C24H21F3N6O/c25-19-11-15(1-2-16(19)12-28-14-34)18-5-8-29-23-21(18)31-22(32-23)20-4-3-17(13-30-20)33-9-6-24(26,27)7-10-33/h1-5,8,11,13-14H,6-7,9-10,12H2,(H,28,34)(H,29,31,32). The Morgan fingerprint density at radius 3 is 2.65 bits per heavy atom. The first-order valence-electron chi connectivity index (χ1n) is 10.8. The number of hydrogen-bond donors (Lipinski definition) is 2. The highest BCUT2D eigenvalue weighted by Crippen LogP contribution is 2.32. The molecule has 5 rings (SSSR count). The number of nitrogens with one attached hydrogen (secondary N) is 2. The van der Waals surface area contributed by atoms with Crippen molar-refractivity contribution < 1.29 is 18.0 Å². The first kappa shape index (κ1) is 21.9. The highest BCUT2D eigenvalue weighted by molar-refractivity contribution is 5.91. The van der Waals surface area contributed by atoms with Crippen molar-refractivity contribution in [2.75, 3.05) is 18.0 Å². The van der Waals surface area contributed by atoms with E-state index in [9.17, 15) is 18.0 Å². The molecule has 2 N–H and O–H groups in total. The number of carbonyl (C=O) groups is 1. The maximum Gasteiger partial charge on any atom is 0.251 e. The largest absolute Gasteiger partial charge is 0.370 e. The number of imidazole rings is 1. The van der Waals surface area contributed by atoms with Gasteiger partial charge in [-0.05, 0) is 29.8 Å². The van der Waals surface area contributed by atoms with Crippen LogP contribution in [-0.4, -0.2) is 45.4 Å². The number of nitrogens with zero attached hydrogens (tertiary/aromatic N) is 4.